The second kappa shape index (κ2) is 13.1. The van der Waals surface area contributed by atoms with Gasteiger partial charge in [0.2, 0.25) is 0 Å². The van der Waals surface area contributed by atoms with Crippen LogP contribution in [-0.4, -0.2) is 51.9 Å². The average Bonchev–Trinajstić information content (AvgIpc) is 3.19. The van der Waals surface area contributed by atoms with E-state index in [4.69, 9.17) is 33.3 Å². The molecule has 2 aromatic carbocycles. The molecule has 0 saturated heterocycles. The van der Waals surface area contributed by atoms with Crippen LogP contribution in [0.15, 0.2) is 47.5 Å². The quantitative estimate of drug-likeness (QED) is 0.288. The number of benzene rings is 2. The molecule has 238 valence electrons. The summed E-state index contributed by atoms with van der Waals surface area (Å²) >= 11 is 12.5. The van der Waals surface area contributed by atoms with E-state index in [0.717, 1.165) is 12.8 Å². The first-order chi connectivity index (χ1) is 20.5. The summed E-state index contributed by atoms with van der Waals surface area (Å²) in [5, 5.41) is 11.9. The highest BCUT2D eigenvalue weighted by Crippen LogP contribution is 2.50. The summed E-state index contributed by atoms with van der Waals surface area (Å²) < 4.78 is 41.0. The number of rotatable bonds is 9. The Balaban J connectivity index is 1.74. The molecule has 1 heterocycles. The minimum Gasteiger partial charge on any atom is -0.481 e. The number of alkyl halides is 3. The number of aliphatic carboxylic acids is 1. The van der Waals surface area contributed by atoms with Crippen LogP contribution >= 0.6 is 23.2 Å². The van der Waals surface area contributed by atoms with Crippen molar-refractivity contribution in [3.05, 3.63) is 69.2 Å². The summed E-state index contributed by atoms with van der Waals surface area (Å²) in [4.78, 5) is 44.1. The van der Waals surface area contributed by atoms with Gasteiger partial charge in [-0.1, -0.05) is 56.1 Å². The molecule has 7 nitrogen and oxygen atoms in total. The van der Waals surface area contributed by atoms with Crippen molar-refractivity contribution in [1.82, 2.24) is 10.2 Å². The van der Waals surface area contributed by atoms with E-state index >= 15 is 0 Å². The van der Waals surface area contributed by atoms with Gasteiger partial charge in [0.15, 0.2) is 0 Å². The molecule has 0 bridgehead atoms. The zero-order chi connectivity index (χ0) is 32.4. The first kappa shape index (κ1) is 33.8. The molecule has 0 aromatic heterocycles. The van der Waals surface area contributed by atoms with Crippen molar-refractivity contribution in [2.45, 2.75) is 83.6 Å². The minimum absolute atomic E-state index is 0.0125. The van der Waals surface area contributed by atoms with Gasteiger partial charge in [-0.15, -0.1) is 0 Å². The molecular weight excluding hydrogens is 618 g/mol. The smallest absolute Gasteiger partial charge is 0.389 e. The third-order valence-corrected chi connectivity index (χ3v) is 8.97. The molecule has 1 unspecified atom stereocenters. The molecule has 1 aliphatic heterocycles. The standard InChI is InChI=1S/C32H36Cl2F3N3O4/c1-30(2,3)22-8-12-31(13-9-22)39-27(21-16-23(33)18-24(34)17-21)29(44)40(31)25(10-14-32(35,36)37)19-4-6-20(7-5-19)28(43)38-15-11-26(41)42/h4-7,16-18,22,25H,8-15H2,1-3H3,(H,38,43)(H,41,42). The van der Waals surface area contributed by atoms with Gasteiger partial charge in [-0.2, -0.15) is 13.2 Å². The molecule has 1 aliphatic carbocycles. The van der Waals surface area contributed by atoms with E-state index in [-0.39, 0.29) is 29.7 Å². The molecular formula is C32H36Cl2F3N3O4. The zero-order valence-electron chi connectivity index (χ0n) is 24.8. The van der Waals surface area contributed by atoms with Crippen LogP contribution in [0.1, 0.15) is 93.2 Å². The molecule has 2 aliphatic rings. The number of hydrogen-bond donors (Lipinski definition) is 2. The Morgan fingerprint density at radius 2 is 1.66 bits per heavy atom. The summed E-state index contributed by atoms with van der Waals surface area (Å²) in [5.41, 5.74) is 0.102. The van der Waals surface area contributed by atoms with Crippen LogP contribution < -0.4 is 5.32 Å². The van der Waals surface area contributed by atoms with E-state index in [1.165, 1.54) is 23.1 Å². The van der Waals surface area contributed by atoms with Gasteiger partial charge in [0.25, 0.3) is 11.8 Å². The van der Waals surface area contributed by atoms with Crippen molar-refractivity contribution in [2.24, 2.45) is 16.3 Å². The van der Waals surface area contributed by atoms with Gasteiger partial charge in [-0.3, -0.25) is 19.4 Å². The lowest BCUT2D eigenvalue weighted by molar-refractivity contribution is -0.147. The van der Waals surface area contributed by atoms with Crippen molar-refractivity contribution in [3.8, 4) is 0 Å². The monoisotopic (exact) mass is 653 g/mol. The molecule has 0 radical (unpaired) electrons. The number of carbonyl (C=O) groups excluding carboxylic acids is 2. The van der Waals surface area contributed by atoms with E-state index in [1.807, 2.05) is 0 Å². The predicted molar refractivity (Wildman–Crippen MR) is 163 cm³/mol. The highest BCUT2D eigenvalue weighted by atomic mass is 35.5. The fraction of sp³-hybridized carbons (Fsp3) is 0.500. The van der Waals surface area contributed by atoms with Crippen molar-refractivity contribution < 1.29 is 32.7 Å². The Morgan fingerprint density at radius 1 is 1.07 bits per heavy atom. The summed E-state index contributed by atoms with van der Waals surface area (Å²) in [6.45, 7) is 6.39. The lowest BCUT2D eigenvalue weighted by atomic mass is 9.69. The van der Waals surface area contributed by atoms with Crippen molar-refractivity contribution >= 4 is 46.7 Å². The normalized spacial score (nSPS) is 21.4. The lowest BCUT2D eigenvalue weighted by Crippen LogP contribution is -2.51. The molecule has 1 atom stereocenters. The molecule has 2 amide bonds. The van der Waals surface area contributed by atoms with Gasteiger partial charge < -0.3 is 15.3 Å². The Hall–Kier alpha value is -3.11. The number of carboxylic acid groups (broad SMARTS) is 1. The van der Waals surface area contributed by atoms with Gasteiger partial charge in [-0.05, 0) is 79.3 Å². The largest absolute Gasteiger partial charge is 0.481 e. The number of nitrogens with zero attached hydrogens (tertiary/aromatic N) is 2. The van der Waals surface area contributed by atoms with Gasteiger partial charge in [0.05, 0.1) is 12.5 Å². The highest BCUT2D eigenvalue weighted by molar-refractivity contribution is 6.47. The molecule has 1 fully saturated rings. The van der Waals surface area contributed by atoms with E-state index < -0.39 is 48.5 Å². The van der Waals surface area contributed by atoms with Crippen LogP contribution in [-0.2, 0) is 9.59 Å². The maximum absolute atomic E-state index is 14.3. The van der Waals surface area contributed by atoms with Crippen LogP contribution in [0.25, 0.3) is 0 Å². The molecule has 2 N–H and O–H groups in total. The lowest BCUT2D eigenvalue weighted by Gasteiger charge is -2.47. The van der Waals surface area contributed by atoms with E-state index in [2.05, 4.69) is 26.1 Å². The maximum Gasteiger partial charge on any atom is 0.389 e. The Morgan fingerprint density at radius 3 is 2.18 bits per heavy atom. The van der Waals surface area contributed by atoms with Crippen LogP contribution in [0.2, 0.25) is 10.0 Å². The van der Waals surface area contributed by atoms with Crippen LogP contribution in [0.5, 0.6) is 0 Å². The minimum atomic E-state index is -4.47. The first-order valence-electron chi connectivity index (χ1n) is 14.6. The zero-order valence-corrected chi connectivity index (χ0v) is 26.3. The number of carboxylic acids is 1. The van der Waals surface area contributed by atoms with Gasteiger partial charge in [0.1, 0.15) is 11.4 Å². The number of nitrogens with one attached hydrogen (secondary N) is 1. The first-order valence-corrected chi connectivity index (χ1v) is 15.3. The van der Waals surface area contributed by atoms with Crippen LogP contribution in [0, 0.1) is 11.3 Å². The average molecular weight is 655 g/mol. The summed E-state index contributed by atoms with van der Waals surface area (Å²) in [6, 6.07) is 9.71. The topological polar surface area (TPSA) is 99.1 Å². The molecule has 12 heteroatoms. The fourth-order valence-electron chi connectivity index (χ4n) is 6.21. The maximum atomic E-state index is 14.3. The predicted octanol–water partition coefficient (Wildman–Crippen LogP) is 7.85. The molecule has 1 saturated carbocycles. The van der Waals surface area contributed by atoms with Gasteiger partial charge >= 0.3 is 12.1 Å². The molecule has 1 spiro atoms. The second-order valence-corrected chi connectivity index (χ2v) is 13.5. The third kappa shape index (κ3) is 7.93. The van der Waals surface area contributed by atoms with Gasteiger partial charge in [-0.25, -0.2) is 0 Å². The SMILES string of the molecule is CC(C)(C)C1CCC2(CC1)N=C(c1cc(Cl)cc(Cl)c1)C(=O)N2C(CCC(F)(F)F)c1ccc(C(=O)NCCC(=O)O)cc1. The number of aliphatic imine (C=N–C) groups is 1. The third-order valence-electron chi connectivity index (χ3n) is 8.53. The Labute approximate surface area is 264 Å². The van der Waals surface area contributed by atoms with E-state index in [0.29, 0.717) is 39.9 Å². The summed E-state index contributed by atoms with van der Waals surface area (Å²) in [6.07, 6.45) is -3.81. The summed E-state index contributed by atoms with van der Waals surface area (Å²) in [5.74, 6) is -1.73. The number of halogens is 5. The number of amides is 2. The fourth-order valence-corrected chi connectivity index (χ4v) is 6.73. The molecule has 44 heavy (non-hydrogen) atoms. The Bertz CT molecular complexity index is 1410. The molecule has 4 rings (SSSR count). The van der Waals surface area contributed by atoms with Gasteiger partial charge in [0, 0.05) is 34.1 Å². The summed E-state index contributed by atoms with van der Waals surface area (Å²) in [7, 11) is 0. The van der Waals surface area contributed by atoms with E-state index in [1.54, 1.807) is 24.3 Å². The number of hydrogen-bond acceptors (Lipinski definition) is 4. The highest BCUT2D eigenvalue weighted by Gasteiger charge is 2.53. The van der Waals surface area contributed by atoms with Crippen LogP contribution in [0.4, 0.5) is 13.2 Å². The number of carbonyl (C=O) groups is 3. The van der Waals surface area contributed by atoms with Crippen molar-refractivity contribution in [2.75, 3.05) is 6.54 Å². The van der Waals surface area contributed by atoms with E-state index in [9.17, 15) is 27.6 Å². The van der Waals surface area contributed by atoms with Crippen molar-refractivity contribution in [3.63, 3.8) is 0 Å². The second-order valence-electron chi connectivity index (χ2n) is 12.6. The Kier molecular flexibility index (Phi) is 10.0. The molecule has 2 aromatic rings. The van der Waals surface area contributed by atoms with Crippen molar-refractivity contribution in [1.29, 1.82) is 0 Å². The van der Waals surface area contributed by atoms with Crippen LogP contribution in [0.3, 0.4) is 0 Å².